The molecule has 130 valence electrons. The molecule has 2 heterocycles. The molecule has 0 spiro atoms. The van der Waals surface area contributed by atoms with Crippen LogP contribution < -0.4 is 4.72 Å². The van der Waals surface area contributed by atoms with E-state index in [4.69, 9.17) is 0 Å². The van der Waals surface area contributed by atoms with Gasteiger partial charge in [0.05, 0.1) is 4.90 Å². The summed E-state index contributed by atoms with van der Waals surface area (Å²) in [6.45, 7) is 0.0954. The maximum atomic E-state index is 12.7. The zero-order valence-electron chi connectivity index (χ0n) is 13.6. The van der Waals surface area contributed by atoms with Gasteiger partial charge in [0.25, 0.3) is 0 Å². The quantitative estimate of drug-likeness (QED) is 0.586. The average Bonchev–Trinajstić information content (AvgIpc) is 3.21. The molecule has 1 N–H and O–H groups in total. The maximum Gasteiger partial charge on any atom is 0.240 e. The van der Waals surface area contributed by atoms with Crippen LogP contribution in [-0.2, 0) is 16.6 Å². The van der Waals surface area contributed by atoms with Gasteiger partial charge in [-0.2, -0.15) is 5.10 Å². The third kappa shape index (κ3) is 3.19. The van der Waals surface area contributed by atoms with Crippen molar-refractivity contribution in [3.05, 3.63) is 79.0 Å². The Kier molecular flexibility index (Phi) is 4.19. The second-order valence-electron chi connectivity index (χ2n) is 5.66. The van der Waals surface area contributed by atoms with Crippen LogP contribution in [0.15, 0.2) is 78.3 Å². The van der Waals surface area contributed by atoms with Crippen LogP contribution in [0.2, 0.25) is 0 Å². The van der Waals surface area contributed by atoms with Crippen LogP contribution >= 0.6 is 0 Å². The fourth-order valence-electron chi connectivity index (χ4n) is 2.68. The van der Waals surface area contributed by atoms with Crippen molar-refractivity contribution in [2.75, 3.05) is 0 Å². The zero-order chi connectivity index (χ0) is 18.0. The third-order valence-corrected chi connectivity index (χ3v) is 5.39. The van der Waals surface area contributed by atoms with Crippen LogP contribution in [0.4, 0.5) is 0 Å². The molecular formula is C18H15N5O2S. The van der Waals surface area contributed by atoms with Crippen LogP contribution in [0.25, 0.3) is 16.6 Å². The summed E-state index contributed by atoms with van der Waals surface area (Å²) in [6.07, 6.45) is 4.54. The fraction of sp³-hybridized carbons (Fsp3) is 0.0556. The van der Waals surface area contributed by atoms with Gasteiger partial charge < -0.3 is 0 Å². The summed E-state index contributed by atoms with van der Waals surface area (Å²) in [6, 6.07) is 16.2. The van der Waals surface area contributed by atoms with E-state index >= 15 is 0 Å². The van der Waals surface area contributed by atoms with Crippen molar-refractivity contribution >= 4 is 20.8 Å². The molecule has 2 aromatic heterocycles. The predicted molar refractivity (Wildman–Crippen MR) is 97.1 cm³/mol. The summed E-state index contributed by atoms with van der Waals surface area (Å²) in [4.78, 5) is 8.38. The Balaban J connectivity index is 1.61. The molecule has 4 rings (SSSR count). The molecule has 0 saturated heterocycles. The average molecular weight is 365 g/mol. The summed E-state index contributed by atoms with van der Waals surface area (Å²) in [5.41, 5.74) is 0.697. The van der Waals surface area contributed by atoms with Crippen molar-refractivity contribution in [3.8, 4) is 5.82 Å². The Morgan fingerprint density at radius 3 is 2.65 bits per heavy atom. The van der Waals surface area contributed by atoms with Gasteiger partial charge in [0.1, 0.15) is 12.7 Å². The van der Waals surface area contributed by atoms with Crippen molar-refractivity contribution in [2.24, 2.45) is 0 Å². The van der Waals surface area contributed by atoms with Crippen molar-refractivity contribution in [1.29, 1.82) is 0 Å². The highest BCUT2D eigenvalue weighted by Crippen LogP contribution is 2.19. The largest absolute Gasteiger partial charge is 0.240 e. The van der Waals surface area contributed by atoms with Gasteiger partial charge in [0.2, 0.25) is 10.0 Å². The summed E-state index contributed by atoms with van der Waals surface area (Å²) < 4.78 is 29.5. The van der Waals surface area contributed by atoms with E-state index in [1.54, 1.807) is 36.5 Å². The van der Waals surface area contributed by atoms with Crippen LogP contribution in [0.5, 0.6) is 0 Å². The maximum absolute atomic E-state index is 12.7. The highest BCUT2D eigenvalue weighted by Gasteiger charge is 2.16. The zero-order valence-corrected chi connectivity index (χ0v) is 14.5. The van der Waals surface area contributed by atoms with Crippen LogP contribution in [0.1, 0.15) is 5.56 Å². The van der Waals surface area contributed by atoms with Crippen LogP contribution in [0, 0.1) is 0 Å². The molecule has 0 radical (unpaired) electrons. The lowest BCUT2D eigenvalue weighted by Crippen LogP contribution is -2.24. The Morgan fingerprint density at radius 1 is 1.00 bits per heavy atom. The molecular weight excluding hydrogens is 350 g/mol. The van der Waals surface area contributed by atoms with Gasteiger partial charge in [-0.25, -0.2) is 27.8 Å². The van der Waals surface area contributed by atoms with Gasteiger partial charge in [0, 0.05) is 18.3 Å². The van der Waals surface area contributed by atoms with Gasteiger partial charge in [-0.3, -0.25) is 0 Å². The molecule has 0 amide bonds. The standard InChI is InChI=1S/C18H15N5O2S/c24-26(25,17-8-7-14-4-1-2-5-15(14)10-17)22-11-16-6-3-9-20-18(16)23-13-19-12-21-23/h1-10,12-13,22H,11H2. The van der Waals surface area contributed by atoms with E-state index in [0.717, 1.165) is 10.8 Å². The van der Waals surface area contributed by atoms with Gasteiger partial charge in [0.15, 0.2) is 5.82 Å². The first-order valence-corrected chi connectivity index (χ1v) is 9.39. The van der Waals surface area contributed by atoms with Crippen LogP contribution in [0.3, 0.4) is 0 Å². The van der Waals surface area contributed by atoms with Crippen molar-refractivity contribution in [3.63, 3.8) is 0 Å². The minimum absolute atomic E-state index is 0.0954. The van der Waals surface area contributed by atoms with Crippen molar-refractivity contribution in [2.45, 2.75) is 11.4 Å². The number of rotatable bonds is 5. The van der Waals surface area contributed by atoms with Gasteiger partial charge in [-0.15, -0.1) is 0 Å². The van der Waals surface area contributed by atoms with E-state index in [-0.39, 0.29) is 11.4 Å². The van der Waals surface area contributed by atoms with Gasteiger partial charge in [-0.1, -0.05) is 36.4 Å². The molecule has 7 nitrogen and oxygen atoms in total. The van der Waals surface area contributed by atoms with Crippen molar-refractivity contribution < 1.29 is 8.42 Å². The molecule has 8 heteroatoms. The van der Waals surface area contributed by atoms with E-state index in [1.165, 1.54) is 17.3 Å². The topological polar surface area (TPSA) is 89.8 Å². The number of sulfonamides is 1. The molecule has 0 atom stereocenters. The second-order valence-corrected chi connectivity index (χ2v) is 7.43. The number of nitrogens with one attached hydrogen (secondary N) is 1. The Hall–Kier alpha value is -3.10. The highest BCUT2D eigenvalue weighted by molar-refractivity contribution is 7.89. The summed E-state index contributed by atoms with van der Waals surface area (Å²) in [5.74, 6) is 0.534. The van der Waals surface area contributed by atoms with E-state index in [0.29, 0.717) is 11.4 Å². The molecule has 0 bridgehead atoms. The normalized spacial score (nSPS) is 11.7. The van der Waals surface area contributed by atoms with E-state index < -0.39 is 10.0 Å². The highest BCUT2D eigenvalue weighted by atomic mass is 32.2. The predicted octanol–water partition coefficient (Wildman–Crippen LogP) is 2.29. The number of aromatic nitrogens is 4. The number of hydrogen-bond acceptors (Lipinski definition) is 5. The number of pyridine rings is 1. The smallest absolute Gasteiger partial charge is 0.237 e. The number of nitrogens with zero attached hydrogens (tertiary/aromatic N) is 4. The SMILES string of the molecule is O=S(=O)(NCc1cccnc1-n1cncn1)c1ccc2ccccc2c1. The summed E-state index contributed by atoms with van der Waals surface area (Å²) in [7, 11) is -3.66. The van der Waals surface area contributed by atoms with Gasteiger partial charge >= 0.3 is 0 Å². The third-order valence-electron chi connectivity index (χ3n) is 3.99. The van der Waals surface area contributed by atoms with E-state index in [9.17, 15) is 8.42 Å². The lowest BCUT2D eigenvalue weighted by Gasteiger charge is -2.10. The van der Waals surface area contributed by atoms with Crippen LogP contribution in [-0.4, -0.2) is 28.2 Å². The molecule has 0 unspecified atom stereocenters. The molecule has 26 heavy (non-hydrogen) atoms. The minimum Gasteiger partial charge on any atom is -0.237 e. The fourth-order valence-corrected chi connectivity index (χ4v) is 3.72. The Morgan fingerprint density at radius 2 is 1.85 bits per heavy atom. The van der Waals surface area contributed by atoms with Crippen molar-refractivity contribution in [1.82, 2.24) is 24.5 Å². The summed E-state index contributed by atoms with van der Waals surface area (Å²) >= 11 is 0. The number of benzene rings is 2. The lowest BCUT2D eigenvalue weighted by molar-refractivity contribution is 0.581. The lowest BCUT2D eigenvalue weighted by atomic mass is 10.1. The molecule has 4 aromatic rings. The molecule has 0 saturated carbocycles. The van der Waals surface area contributed by atoms with E-state index in [1.807, 2.05) is 24.3 Å². The molecule has 0 aliphatic heterocycles. The second kappa shape index (κ2) is 6.66. The first kappa shape index (κ1) is 16.4. The minimum atomic E-state index is -3.66. The Labute approximate surface area is 150 Å². The first-order chi connectivity index (χ1) is 12.6. The number of fused-ring (bicyclic) bond motifs is 1. The monoisotopic (exact) mass is 365 g/mol. The first-order valence-electron chi connectivity index (χ1n) is 7.91. The molecule has 0 fully saturated rings. The number of hydrogen-bond donors (Lipinski definition) is 1. The molecule has 0 aliphatic rings. The molecule has 0 aliphatic carbocycles. The molecule has 2 aromatic carbocycles. The van der Waals surface area contributed by atoms with Gasteiger partial charge in [-0.05, 0) is 29.0 Å². The Bertz CT molecular complexity index is 1160. The summed E-state index contributed by atoms with van der Waals surface area (Å²) in [5, 5.41) is 5.92. The van der Waals surface area contributed by atoms with E-state index in [2.05, 4.69) is 19.8 Å².